The number of hydrogen-bond donors (Lipinski definition) is 8. The van der Waals surface area contributed by atoms with Gasteiger partial charge in [0.05, 0.1) is 0 Å². The third-order valence-electron chi connectivity index (χ3n) is 12.3. The lowest BCUT2D eigenvalue weighted by Crippen LogP contribution is -2.24. The second-order valence-electron chi connectivity index (χ2n) is 16.1. The van der Waals surface area contributed by atoms with Gasteiger partial charge in [0.1, 0.15) is 0 Å². The third-order valence-corrected chi connectivity index (χ3v) is 12.3. The number of hydrogen-bond acceptors (Lipinski definition) is 8. The lowest BCUT2D eigenvalue weighted by Gasteiger charge is -2.31. The molecular weight excluding hydrogens is 608 g/mol. The Morgan fingerprint density at radius 2 is 0.792 bits per heavy atom. The molecule has 8 nitrogen and oxygen atoms in total. The molecule has 6 atom stereocenters. The highest BCUT2D eigenvalue weighted by atomic mass is 16.3. The van der Waals surface area contributed by atoms with Gasteiger partial charge in [-0.05, 0) is 149 Å². The van der Waals surface area contributed by atoms with Gasteiger partial charge in [0.15, 0.2) is 0 Å². The Hall–Kier alpha value is -0.320. The Morgan fingerprint density at radius 3 is 1.27 bits per heavy atom. The average molecular weight is 689 g/mol. The smallest absolute Gasteiger partial charge is 0.0459 e. The molecule has 0 aromatic carbocycles. The summed E-state index contributed by atoms with van der Waals surface area (Å²) in [6, 6.07) is 0. The summed E-state index contributed by atoms with van der Waals surface area (Å²) in [5.41, 5.74) is 0. The van der Waals surface area contributed by atoms with Crippen molar-refractivity contribution < 1.29 is 40.9 Å². The number of aliphatic hydroxyl groups excluding tert-OH is 8. The van der Waals surface area contributed by atoms with E-state index in [2.05, 4.69) is 13.8 Å². The van der Waals surface area contributed by atoms with Crippen LogP contribution < -0.4 is 0 Å². The van der Waals surface area contributed by atoms with E-state index in [1.807, 2.05) is 0 Å². The molecule has 8 N–H and O–H groups in total. The molecule has 0 radical (unpaired) electrons. The van der Waals surface area contributed by atoms with Gasteiger partial charge in [-0.1, -0.05) is 52.4 Å². The molecule has 288 valence electrons. The van der Waals surface area contributed by atoms with E-state index in [-0.39, 0.29) is 0 Å². The Kier molecular flexibility index (Phi) is 27.9. The monoisotopic (exact) mass is 689 g/mol. The highest BCUT2D eigenvalue weighted by Crippen LogP contribution is 2.35. The van der Waals surface area contributed by atoms with Crippen molar-refractivity contribution in [1.29, 1.82) is 0 Å². The standard InChI is InChI=1S/4C10H20O2/c1-8(6-11)10-4-2-9(7-12)3-5-10;1-8(6-11)10-4-2-3-9(5-10)7-12;11-6-2-5-9-3-1-4-10(7-9)8-12;11-7-1-2-9-3-5-10(8-12)6-4-9/h2*8-12H,2-7H2,1H3;2*9-12H,1-8H2. The minimum absolute atomic E-state index is 0.294. The molecule has 4 fully saturated rings. The molecule has 8 heteroatoms. The summed E-state index contributed by atoms with van der Waals surface area (Å²) in [6.07, 6.45) is 23.4. The van der Waals surface area contributed by atoms with Crippen LogP contribution in [0.25, 0.3) is 0 Å². The van der Waals surface area contributed by atoms with E-state index in [0.717, 1.165) is 50.4 Å². The van der Waals surface area contributed by atoms with Crippen LogP contribution in [0, 0.1) is 59.2 Å². The van der Waals surface area contributed by atoms with E-state index in [1.54, 1.807) is 0 Å². The van der Waals surface area contributed by atoms with Gasteiger partial charge in [-0.3, -0.25) is 0 Å². The van der Waals surface area contributed by atoms with E-state index >= 15 is 0 Å². The maximum absolute atomic E-state index is 9.00. The van der Waals surface area contributed by atoms with Gasteiger partial charge < -0.3 is 40.9 Å². The van der Waals surface area contributed by atoms with Crippen LogP contribution >= 0.6 is 0 Å². The van der Waals surface area contributed by atoms with Gasteiger partial charge in [-0.15, -0.1) is 0 Å². The van der Waals surface area contributed by atoms with E-state index in [1.165, 1.54) is 89.9 Å². The zero-order chi connectivity index (χ0) is 35.6. The Morgan fingerprint density at radius 1 is 0.396 bits per heavy atom. The van der Waals surface area contributed by atoms with E-state index in [0.29, 0.717) is 100 Å². The Labute approximate surface area is 294 Å². The van der Waals surface area contributed by atoms with Crippen LogP contribution in [0.4, 0.5) is 0 Å². The van der Waals surface area contributed by atoms with Crippen molar-refractivity contribution in [2.24, 2.45) is 59.2 Å². The van der Waals surface area contributed by atoms with Crippen molar-refractivity contribution in [2.75, 3.05) is 52.9 Å². The summed E-state index contributed by atoms with van der Waals surface area (Å²) in [4.78, 5) is 0. The molecule has 0 saturated heterocycles. The minimum atomic E-state index is 0.294. The quantitative estimate of drug-likeness (QED) is 0.111. The van der Waals surface area contributed by atoms with Crippen LogP contribution in [0.3, 0.4) is 0 Å². The topological polar surface area (TPSA) is 162 Å². The second-order valence-corrected chi connectivity index (χ2v) is 16.1. The lowest BCUT2D eigenvalue weighted by molar-refractivity contribution is 0.107. The molecule has 4 aliphatic rings. The first-order valence-corrected chi connectivity index (χ1v) is 20.1. The number of aliphatic hydroxyl groups is 8. The summed E-state index contributed by atoms with van der Waals surface area (Å²) in [6.45, 7) is 6.88. The molecule has 0 spiro atoms. The van der Waals surface area contributed by atoms with Crippen molar-refractivity contribution in [2.45, 2.75) is 142 Å². The number of rotatable bonds is 14. The fourth-order valence-electron chi connectivity index (χ4n) is 8.55. The van der Waals surface area contributed by atoms with Crippen LogP contribution in [-0.2, 0) is 0 Å². The molecule has 4 saturated carbocycles. The molecule has 0 aromatic rings. The van der Waals surface area contributed by atoms with Crippen LogP contribution in [0.5, 0.6) is 0 Å². The molecule has 0 aromatic heterocycles. The molecule has 48 heavy (non-hydrogen) atoms. The summed E-state index contributed by atoms with van der Waals surface area (Å²) in [7, 11) is 0. The SMILES string of the molecule is CC(CO)C1CCC(CO)CC1.CC(CO)C1CCCC(CO)C1.OCCCC1CCC(CO)CC1.OCCCC1CCCC(CO)C1. The molecular formula is C40H80O8. The van der Waals surface area contributed by atoms with E-state index in [9.17, 15) is 0 Å². The van der Waals surface area contributed by atoms with Gasteiger partial charge in [0, 0.05) is 52.9 Å². The van der Waals surface area contributed by atoms with Gasteiger partial charge in [0.25, 0.3) is 0 Å². The third kappa shape index (κ3) is 19.9. The molecule has 4 rings (SSSR count). The van der Waals surface area contributed by atoms with Crippen molar-refractivity contribution in [3.8, 4) is 0 Å². The Balaban J connectivity index is 0.000000320. The maximum Gasteiger partial charge on any atom is 0.0459 e. The molecule has 0 aliphatic heterocycles. The first-order valence-electron chi connectivity index (χ1n) is 20.1. The van der Waals surface area contributed by atoms with Gasteiger partial charge in [-0.2, -0.15) is 0 Å². The van der Waals surface area contributed by atoms with Crippen molar-refractivity contribution >= 4 is 0 Å². The van der Waals surface area contributed by atoms with Gasteiger partial charge >= 0.3 is 0 Å². The average Bonchev–Trinajstić information content (AvgIpc) is 3.16. The van der Waals surface area contributed by atoms with Gasteiger partial charge in [0.2, 0.25) is 0 Å². The Bertz CT molecular complexity index is 691. The normalized spacial score (nSPS) is 31.9. The fraction of sp³-hybridized carbons (Fsp3) is 1.00. The van der Waals surface area contributed by atoms with Gasteiger partial charge in [-0.25, -0.2) is 0 Å². The van der Waals surface area contributed by atoms with Crippen LogP contribution in [-0.4, -0.2) is 93.7 Å². The lowest BCUT2D eigenvalue weighted by atomic mass is 9.76. The van der Waals surface area contributed by atoms with Crippen LogP contribution in [0.1, 0.15) is 142 Å². The summed E-state index contributed by atoms with van der Waals surface area (Å²) >= 11 is 0. The van der Waals surface area contributed by atoms with Crippen molar-refractivity contribution in [1.82, 2.24) is 0 Å². The van der Waals surface area contributed by atoms with E-state index < -0.39 is 0 Å². The molecule has 0 amide bonds. The van der Waals surface area contributed by atoms with Crippen molar-refractivity contribution in [3.63, 3.8) is 0 Å². The first-order chi connectivity index (χ1) is 23.3. The van der Waals surface area contributed by atoms with Crippen LogP contribution in [0.15, 0.2) is 0 Å². The zero-order valence-electron chi connectivity index (χ0n) is 31.2. The highest BCUT2D eigenvalue weighted by molar-refractivity contribution is 4.77. The summed E-state index contributed by atoms with van der Waals surface area (Å²) in [5, 5.41) is 71.1. The zero-order valence-corrected chi connectivity index (χ0v) is 31.2. The molecule has 0 heterocycles. The highest BCUT2D eigenvalue weighted by Gasteiger charge is 2.26. The predicted molar refractivity (Wildman–Crippen MR) is 195 cm³/mol. The maximum atomic E-state index is 9.00. The molecule has 0 bridgehead atoms. The fourth-order valence-corrected chi connectivity index (χ4v) is 8.55. The molecule has 4 aliphatic carbocycles. The summed E-state index contributed by atoms with van der Waals surface area (Å²) in [5.74, 6) is 5.92. The summed E-state index contributed by atoms with van der Waals surface area (Å²) < 4.78 is 0. The predicted octanol–water partition coefficient (Wildman–Crippen LogP) is 5.94. The van der Waals surface area contributed by atoms with Crippen molar-refractivity contribution in [3.05, 3.63) is 0 Å². The largest absolute Gasteiger partial charge is 0.396 e. The second kappa shape index (κ2) is 29.3. The molecule has 6 unspecified atom stereocenters. The first kappa shape index (κ1) is 45.7. The minimum Gasteiger partial charge on any atom is -0.396 e. The van der Waals surface area contributed by atoms with Crippen LogP contribution in [0.2, 0.25) is 0 Å². The van der Waals surface area contributed by atoms with E-state index in [4.69, 9.17) is 40.9 Å².